The lowest BCUT2D eigenvalue weighted by molar-refractivity contribution is -0.165. The van der Waals surface area contributed by atoms with Crippen LogP contribution in [0.1, 0.15) is 39.2 Å². The van der Waals surface area contributed by atoms with Crippen molar-refractivity contribution in [2.75, 3.05) is 11.4 Å². The van der Waals surface area contributed by atoms with Crippen molar-refractivity contribution in [1.82, 2.24) is 4.98 Å². The van der Waals surface area contributed by atoms with Crippen molar-refractivity contribution in [2.24, 2.45) is 5.92 Å². The summed E-state index contributed by atoms with van der Waals surface area (Å²) in [4.78, 5) is 6.60. The Bertz CT molecular complexity index is 710. The van der Waals surface area contributed by atoms with Gasteiger partial charge in [0.15, 0.2) is 0 Å². The van der Waals surface area contributed by atoms with Crippen molar-refractivity contribution in [3.63, 3.8) is 0 Å². The van der Waals surface area contributed by atoms with Crippen LogP contribution in [0.4, 0.5) is 5.82 Å². The molecule has 1 aliphatic rings. The van der Waals surface area contributed by atoms with Gasteiger partial charge < -0.3 is 14.7 Å². The van der Waals surface area contributed by atoms with E-state index in [2.05, 4.69) is 0 Å². The molecule has 0 aliphatic heterocycles. The minimum Gasteiger partial charge on any atom is -0.351 e. The van der Waals surface area contributed by atoms with E-state index in [-0.39, 0.29) is 0 Å². The molecular formula is C19H25ClN2O2. The molecule has 0 amide bonds. The second-order valence-corrected chi connectivity index (χ2v) is 7.75. The molecule has 1 heterocycles. The fourth-order valence-corrected chi connectivity index (χ4v) is 2.82. The number of aliphatic hydroxyl groups excluding tert-OH is 1. The summed E-state index contributed by atoms with van der Waals surface area (Å²) in [6.45, 7) is 6.56. The van der Waals surface area contributed by atoms with Gasteiger partial charge in [0.25, 0.3) is 0 Å². The van der Waals surface area contributed by atoms with Gasteiger partial charge in [0.2, 0.25) is 6.41 Å². The summed E-state index contributed by atoms with van der Waals surface area (Å²) in [7, 11) is 0. The molecular weight excluding hydrogens is 324 g/mol. The lowest BCUT2D eigenvalue weighted by Crippen LogP contribution is -2.43. The fourth-order valence-electron chi connectivity index (χ4n) is 2.65. The molecule has 4 nitrogen and oxygen atoms in total. The molecule has 1 unspecified atom stereocenters. The van der Waals surface area contributed by atoms with Gasteiger partial charge in [-0.05, 0) is 63.3 Å². The monoisotopic (exact) mass is 348 g/mol. The average Bonchev–Trinajstić information content (AvgIpc) is 3.34. The van der Waals surface area contributed by atoms with Gasteiger partial charge in [-0.25, -0.2) is 4.98 Å². The Kier molecular flexibility index (Phi) is 5.00. The van der Waals surface area contributed by atoms with E-state index in [4.69, 9.17) is 21.3 Å². The van der Waals surface area contributed by atoms with E-state index in [0.29, 0.717) is 11.8 Å². The predicted octanol–water partition coefficient (Wildman–Crippen LogP) is 4.28. The summed E-state index contributed by atoms with van der Waals surface area (Å²) < 4.78 is 5.76. The third kappa shape index (κ3) is 4.38. The number of alkyl halides is 1. The van der Waals surface area contributed by atoms with Crippen molar-refractivity contribution in [2.45, 2.75) is 51.5 Å². The maximum Gasteiger partial charge on any atom is 0.239 e. The number of benzene rings is 1. The molecule has 0 spiro atoms. The molecule has 1 saturated carbocycles. The van der Waals surface area contributed by atoms with Gasteiger partial charge in [0, 0.05) is 17.8 Å². The van der Waals surface area contributed by atoms with Crippen LogP contribution in [0.5, 0.6) is 0 Å². The average molecular weight is 349 g/mol. The summed E-state index contributed by atoms with van der Waals surface area (Å²) in [6.07, 6.45) is 1.39. The van der Waals surface area contributed by atoms with Crippen LogP contribution >= 0.6 is 11.6 Å². The molecule has 1 aromatic carbocycles. The Balaban J connectivity index is 1.92. The van der Waals surface area contributed by atoms with Crippen molar-refractivity contribution in [1.29, 1.82) is 0 Å². The number of nitrogens with zero attached hydrogens (tertiary/aromatic N) is 2. The molecule has 1 aromatic heterocycles. The number of hydrogen-bond donors (Lipinski definition) is 1. The third-order valence-corrected chi connectivity index (χ3v) is 4.38. The van der Waals surface area contributed by atoms with Crippen molar-refractivity contribution >= 4 is 28.3 Å². The standard InChI is InChI=1S/C19H25ClN2O2/c1-19(2,3)24-18(23)22(12-13-4-5-13)17-9-8-15-7-6-14(11-20)10-16(15)21-17/h6-10,13,18,23H,4-5,11-12H2,1-3H3. The number of aromatic nitrogens is 1. The van der Waals surface area contributed by atoms with Crippen molar-refractivity contribution in [3.8, 4) is 0 Å². The van der Waals surface area contributed by atoms with Crippen LogP contribution in [0.3, 0.4) is 0 Å². The first-order valence-corrected chi connectivity index (χ1v) is 8.97. The fraction of sp³-hybridized carbons (Fsp3) is 0.526. The number of anilines is 1. The second-order valence-electron chi connectivity index (χ2n) is 7.48. The minimum absolute atomic E-state index is 0.427. The lowest BCUT2D eigenvalue weighted by Gasteiger charge is -2.33. The van der Waals surface area contributed by atoms with E-state index in [1.165, 1.54) is 12.8 Å². The molecule has 1 fully saturated rings. The molecule has 130 valence electrons. The van der Waals surface area contributed by atoms with Crippen LogP contribution in [-0.2, 0) is 10.6 Å². The highest BCUT2D eigenvalue weighted by atomic mass is 35.5. The number of rotatable bonds is 6. The summed E-state index contributed by atoms with van der Waals surface area (Å²) in [6, 6.07) is 10.0. The highest BCUT2D eigenvalue weighted by molar-refractivity contribution is 6.17. The molecule has 2 aromatic rings. The molecule has 0 bridgehead atoms. The summed E-state index contributed by atoms with van der Waals surface area (Å²) in [5.74, 6) is 1.80. The number of pyridine rings is 1. The quantitative estimate of drug-likeness (QED) is 0.625. The molecule has 0 radical (unpaired) electrons. The highest BCUT2D eigenvalue weighted by Crippen LogP contribution is 2.33. The molecule has 5 heteroatoms. The van der Waals surface area contributed by atoms with E-state index in [9.17, 15) is 5.11 Å². The largest absolute Gasteiger partial charge is 0.351 e. The van der Waals surface area contributed by atoms with Crippen LogP contribution < -0.4 is 4.90 Å². The van der Waals surface area contributed by atoms with Crippen molar-refractivity contribution < 1.29 is 9.84 Å². The van der Waals surface area contributed by atoms with Crippen LogP contribution in [0.2, 0.25) is 0 Å². The SMILES string of the molecule is CC(C)(C)OC(O)N(CC1CC1)c1ccc2ccc(CCl)cc2n1. The highest BCUT2D eigenvalue weighted by Gasteiger charge is 2.30. The first-order chi connectivity index (χ1) is 11.4. The number of hydrogen-bond acceptors (Lipinski definition) is 4. The summed E-state index contributed by atoms with van der Waals surface area (Å²) in [5.41, 5.74) is 1.49. The number of ether oxygens (including phenoxy) is 1. The van der Waals surface area contributed by atoms with Crippen LogP contribution in [0, 0.1) is 5.92 Å². The first-order valence-electron chi connectivity index (χ1n) is 8.44. The topological polar surface area (TPSA) is 45.6 Å². The molecule has 3 rings (SSSR count). The molecule has 1 atom stereocenters. The van der Waals surface area contributed by atoms with Gasteiger partial charge in [0.05, 0.1) is 11.1 Å². The predicted molar refractivity (Wildman–Crippen MR) is 98.2 cm³/mol. The normalized spacial score (nSPS) is 16.4. The lowest BCUT2D eigenvalue weighted by atomic mass is 10.1. The van der Waals surface area contributed by atoms with Gasteiger partial charge in [0.1, 0.15) is 5.82 Å². The van der Waals surface area contributed by atoms with E-state index in [0.717, 1.165) is 28.8 Å². The molecule has 1 aliphatic carbocycles. The number of halogens is 1. The Morgan fingerprint density at radius 2 is 2.00 bits per heavy atom. The maximum absolute atomic E-state index is 10.6. The van der Waals surface area contributed by atoms with Gasteiger partial charge in [-0.15, -0.1) is 11.6 Å². The third-order valence-electron chi connectivity index (χ3n) is 4.07. The van der Waals surface area contributed by atoms with Crippen LogP contribution in [0.25, 0.3) is 10.9 Å². The van der Waals surface area contributed by atoms with Gasteiger partial charge >= 0.3 is 0 Å². The number of fused-ring (bicyclic) bond motifs is 1. The Morgan fingerprint density at radius 3 is 2.62 bits per heavy atom. The zero-order chi connectivity index (χ0) is 17.3. The van der Waals surface area contributed by atoms with E-state index < -0.39 is 12.0 Å². The minimum atomic E-state index is -1.01. The Labute approximate surface area is 148 Å². The molecule has 0 saturated heterocycles. The van der Waals surface area contributed by atoms with E-state index in [1.54, 1.807) is 0 Å². The van der Waals surface area contributed by atoms with Gasteiger partial charge in [-0.3, -0.25) is 0 Å². The first kappa shape index (κ1) is 17.5. The maximum atomic E-state index is 10.6. The van der Waals surface area contributed by atoms with Crippen LogP contribution in [0.15, 0.2) is 30.3 Å². The zero-order valence-corrected chi connectivity index (χ0v) is 15.3. The van der Waals surface area contributed by atoms with Crippen molar-refractivity contribution in [3.05, 3.63) is 35.9 Å². The summed E-state index contributed by atoms with van der Waals surface area (Å²) in [5, 5.41) is 11.7. The van der Waals surface area contributed by atoms with E-state index >= 15 is 0 Å². The van der Waals surface area contributed by atoms with Gasteiger partial charge in [-0.2, -0.15) is 0 Å². The summed E-state index contributed by atoms with van der Waals surface area (Å²) >= 11 is 5.93. The van der Waals surface area contributed by atoms with Gasteiger partial charge in [-0.1, -0.05) is 12.1 Å². The molecule has 1 N–H and O–H groups in total. The zero-order valence-electron chi connectivity index (χ0n) is 14.5. The smallest absolute Gasteiger partial charge is 0.239 e. The Morgan fingerprint density at radius 1 is 1.29 bits per heavy atom. The number of aliphatic hydroxyl groups is 1. The molecule has 24 heavy (non-hydrogen) atoms. The second kappa shape index (κ2) is 6.87. The van der Waals surface area contributed by atoms with E-state index in [1.807, 2.05) is 56.0 Å². The Hall–Kier alpha value is -1.36. The van der Waals surface area contributed by atoms with Crippen LogP contribution in [-0.4, -0.2) is 28.7 Å².